The van der Waals surface area contributed by atoms with Crippen molar-refractivity contribution in [1.82, 2.24) is 9.97 Å². The zero-order chi connectivity index (χ0) is 14.9. The van der Waals surface area contributed by atoms with Crippen LogP contribution in [0.1, 0.15) is 9.67 Å². The quantitative estimate of drug-likeness (QED) is 0.554. The Bertz CT molecular complexity index is 918. The molecule has 0 spiro atoms. The van der Waals surface area contributed by atoms with Gasteiger partial charge in [0.1, 0.15) is 5.82 Å². The Morgan fingerprint density at radius 2 is 1.68 bits per heavy atom. The van der Waals surface area contributed by atoms with Crippen LogP contribution in [0.5, 0.6) is 0 Å². The zero-order valence-corrected chi connectivity index (χ0v) is 12.4. The second kappa shape index (κ2) is 5.24. The molecule has 106 valence electrons. The molecular weight excluding hydrogens is 292 g/mol. The van der Waals surface area contributed by atoms with E-state index in [9.17, 15) is 4.79 Å². The van der Waals surface area contributed by atoms with Crippen LogP contribution in [0.2, 0.25) is 0 Å². The molecule has 0 saturated heterocycles. The number of hydrogen-bond acceptors (Lipinski definition) is 3. The van der Waals surface area contributed by atoms with E-state index in [1.807, 2.05) is 48.5 Å². The van der Waals surface area contributed by atoms with E-state index in [4.69, 9.17) is 0 Å². The summed E-state index contributed by atoms with van der Waals surface area (Å²) >= 11 is 1.50. The van der Waals surface area contributed by atoms with Gasteiger partial charge in [0.25, 0.3) is 0 Å². The van der Waals surface area contributed by atoms with Crippen molar-refractivity contribution in [3.63, 3.8) is 0 Å². The third-order valence-corrected chi connectivity index (χ3v) is 4.63. The topological polar surface area (TPSA) is 45.8 Å². The lowest BCUT2D eigenvalue weighted by molar-refractivity contribution is 0.112. The van der Waals surface area contributed by atoms with E-state index in [2.05, 4.69) is 22.1 Å². The maximum Gasteiger partial charge on any atom is 0.160 e. The number of fused-ring (bicyclic) bond motifs is 1. The SMILES string of the molecule is O=Cc1ccc(-c2ccc(-c3nc4ccccc4[nH]3)cc2)s1. The van der Waals surface area contributed by atoms with Gasteiger partial charge in [-0.3, -0.25) is 4.79 Å². The number of nitrogens with zero attached hydrogens (tertiary/aromatic N) is 1. The van der Waals surface area contributed by atoms with Gasteiger partial charge in [0.2, 0.25) is 0 Å². The number of carbonyl (C=O) groups excluding carboxylic acids is 1. The fourth-order valence-electron chi connectivity index (χ4n) is 2.45. The standard InChI is InChI=1S/C18H12N2OS/c21-11-14-9-10-17(22-14)12-5-7-13(8-6-12)18-19-15-3-1-2-4-16(15)20-18/h1-11H,(H,19,20). The molecule has 0 fully saturated rings. The van der Waals surface area contributed by atoms with Crippen molar-refractivity contribution in [3.8, 4) is 21.8 Å². The largest absolute Gasteiger partial charge is 0.338 e. The van der Waals surface area contributed by atoms with Crippen LogP contribution in [-0.4, -0.2) is 16.3 Å². The number of aromatic amines is 1. The monoisotopic (exact) mass is 304 g/mol. The van der Waals surface area contributed by atoms with E-state index in [1.54, 1.807) is 0 Å². The average molecular weight is 304 g/mol. The molecule has 0 radical (unpaired) electrons. The molecule has 2 heterocycles. The minimum Gasteiger partial charge on any atom is -0.338 e. The van der Waals surface area contributed by atoms with Gasteiger partial charge < -0.3 is 4.98 Å². The highest BCUT2D eigenvalue weighted by atomic mass is 32.1. The van der Waals surface area contributed by atoms with E-state index in [0.717, 1.165) is 44.0 Å². The summed E-state index contributed by atoms with van der Waals surface area (Å²) in [6.45, 7) is 0. The van der Waals surface area contributed by atoms with Gasteiger partial charge in [-0.25, -0.2) is 4.98 Å². The number of nitrogens with one attached hydrogen (secondary N) is 1. The van der Waals surface area contributed by atoms with Crippen LogP contribution in [0, 0.1) is 0 Å². The Hall–Kier alpha value is -2.72. The maximum absolute atomic E-state index is 10.8. The highest BCUT2D eigenvalue weighted by Gasteiger charge is 2.06. The van der Waals surface area contributed by atoms with E-state index < -0.39 is 0 Å². The summed E-state index contributed by atoms with van der Waals surface area (Å²) in [7, 11) is 0. The Labute approximate surface area is 131 Å². The minimum atomic E-state index is 0.747. The van der Waals surface area contributed by atoms with Crippen molar-refractivity contribution in [2.24, 2.45) is 0 Å². The average Bonchev–Trinajstić information content (AvgIpc) is 3.21. The van der Waals surface area contributed by atoms with Crippen molar-refractivity contribution in [1.29, 1.82) is 0 Å². The van der Waals surface area contributed by atoms with Crippen molar-refractivity contribution >= 4 is 28.7 Å². The first-order valence-corrected chi connectivity index (χ1v) is 7.76. The molecule has 4 rings (SSSR count). The zero-order valence-electron chi connectivity index (χ0n) is 11.6. The van der Waals surface area contributed by atoms with Crippen LogP contribution in [-0.2, 0) is 0 Å². The van der Waals surface area contributed by atoms with Crippen molar-refractivity contribution in [2.75, 3.05) is 0 Å². The Morgan fingerprint density at radius 1 is 0.909 bits per heavy atom. The number of rotatable bonds is 3. The normalized spacial score (nSPS) is 10.9. The maximum atomic E-state index is 10.8. The Morgan fingerprint density at radius 3 is 2.41 bits per heavy atom. The van der Waals surface area contributed by atoms with E-state index in [1.165, 1.54) is 11.3 Å². The smallest absolute Gasteiger partial charge is 0.160 e. The number of thiophene rings is 1. The van der Waals surface area contributed by atoms with Crippen LogP contribution in [0.3, 0.4) is 0 Å². The summed E-state index contributed by atoms with van der Waals surface area (Å²) in [6.07, 6.45) is 0.886. The summed E-state index contributed by atoms with van der Waals surface area (Å²) in [5.74, 6) is 0.868. The molecule has 3 nitrogen and oxygen atoms in total. The van der Waals surface area contributed by atoms with Crippen LogP contribution >= 0.6 is 11.3 Å². The van der Waals surface area contributed by atoms with Crippen LogP contribution in [0.25, 0.3) is 32.9 Å². The molecule has 0 aliphatic rings. The molecule has 4 aromatic rings. The first-order chi connectivity index (χ1) is 10.8. The first-order valence-electron chi connectivity index (χ1n) is 6.94. The highest BCUT2D eigenvalue weighted by molar-refractivity contribution is 7.17. The number of aromatic nitrogens is 2. The van der Waals surface area contributed by atoms with Gasteiger partial charge in [-0.15, -0.1) is 11.3 Å². The Balaban J connectivity index is 1.70. The van der Waals surface area contributed by atoms with Gasteiger partial charge in [-0.1, -0.05) is 36.4 Å². The van der Waals surface area contributed by atoms with Crippen LogP contribution < -0.4 is 0 Å². The molecule has 0 amide bonds. The third-order valence-electron chi connectivity index (χ3n) is 3.58. The summed E-state index contributed by atoms with van der Waals surface area (Å²) in [5.41, 5.74) is 4.16. The molecular formula is C18H12N2OS. The molecule has 0 aliphatic carbocycles. The van der Waals surface area contributed by atoms with Gasteiger partial charge in [0.15, 0.2) is 6.29 Å². The van der Waals surface area contributed by atoms with Gasteiger partial charge in [0, 0.05) is 10.4 Å². The summed E-state index contributed by atoms with van der Waals surface area (Å²) < 4.78 is 0. The van der Waals surface area contributed by atoms with E-state index >= 15 is 0 Å². The lowest BCUT2D eigenvalue weighted by atomic mass is 10.1. The fraction of sp³-hybridized carbons (Fsp3) is 0. The van der Waals surface area contributed by atoms with Crippen molar-refractivity contribution in [3.05, 3.63) is 65.5 Å². The summed E-state index contributed by atoms with van der Waals surface area (Å²) in [6, 6.07) is 20.0. The lowest BCUT2D eigenvalue weighted by Gasteiger charge is -2.00. The first kappa shape index (κ1) is 13.0. The molecule has 1 N–H and O–H groups in total. The number of aldehydes is 1. The molecule has 0 unspecified atom stereocenters. The number of imidazole rings is 1. The van der Waals surface area contributed by atoms with Crippen LogP contribution in [0.4, 0.5) is 0 Å². The van der Waals surface area contributed by atoms with Gasteiger partial charge in [-0.2, -0.15) is 0 Å². The molecule has 2 aromatic carbocycles. The number of H-pyrrole nitrogens is 1. The molecule has 0 saturated carbocycles. The predicted octanol–water partition coefficient (Wildman–Crippen LogP) is 4.77. The second-order valence-electron chi connectivity index (χ2n) is 5.00. The Kier molecular flexibility index (Phi) is 3.09. The molecule has 22 heavy (non-hydrogen) atoms. The summed E-state index contributed by atoms with van der Waals surface area (Å²) in [4.78, 5) is 20.5. The highest BCUT2D eigenvalue weighted by Crippen LogP contribution is 2.29. The van der Waals surface area contributed by atoms with Crippen molar-refractivity contribution in [2.45, 2.75) is 0 Å². The fourth-order valence-corrected chi connectivity index (χ4v) is 3.28. The van der Waals surface area contributed by atoms with E-state index in [0.29, 0.717) is 0 Å². The number of benzene rings is 2. The van der Waals surface area contributed by atoms with Crippen molar-refractivity contribution < 1.29 is 4.79 Å². The third kappa shape index (κ3) is 2.23. The molecule has 0 atom stereocenters. The molecule has 2 aromatic heterocycles. The minimum absolute atomic E-state index is 0.747. The molecule has 4 heteroatoms. The lowest BCUT2D eigenvalue weighted by Crippen LogP contribution is -1.80. The molecule has 0 bridgehead atoms. The predicted molar refractivity (Wildman–Crippen MR) is 90.2 cm³/mol. The van der Waals surface area contributed by atoms with Crippen LogP contribution in [0.15, 0.2) is 60.7 Å². The van der Waals surface area contributed by atoms with E-state index in [-0.39, 0.29) is 0 Å². The molecule has 0 aliphatic heterocycles. The number of para-hydroxylation sites is 2. The van der Waals surface area contributed by atoms with Gasteiger partial charge >= 0.3 is 0 Å². The summed E-state index contributed by atoms with van der Waals surface area (Å²) in [5, 5.41) is 0. The number of carbonyl (C=O) groups is 1. The number of hydrogen-bond donors (Lipinski definition) is 1. The second-order valence-corrected chi connectivity index (χ2v) is 6.12. The van der Waals surface area contributed by atoms with Gasteiger partial charge in [-0.05, 0) is 29.8 Å². The van der Waals surface area contributed by atoms with Gasteiger partial charge in [0.05, 0.1) is 15.9 Å².